The van der Waals surface area contributed by atoms with Crippen molar-refractivity contribution < 1.29 is 14.3 Å². The number of fused-ring (bicyclic) bond motifs is 1. The molecular formula is C18H29N5O3. The zero-order valence-electron chi connectivity index (χ0n) is 16.0. The van der Waals surface area contributed by atoms with Crippen LogP contribution in [0.4, 0.5) is 4.79 Å². The third kappa shape index (κ3) is 4.00. The van der Waals surface area contributed by atoms with E-state index in [0.29, 0.717) is 19.7 Å². The summed E-state index contributed by atoms with van der Waals surface area (Å²) in [5, 5.41) is 7.56. The average Bonchev–Trinajstić information content (AvgIpc) is 2.89. The summed E-state index contributed by atoms with van der Waals surface area (Å²) in [6.07, 6.45) is 3.64. The van der Waals surface area contributed by atoms with Gasteiger partial charge in [-0.2, -0.15) is 5.10 Å². The molecular weight excluding hydrogens is 334 g/mol. The van der Waals surface area contributed by atoms with E-state index in [9.17, 15) is 9.59 Å². The Morgan fingerprint density at radius 2 is 2.12 bits per heavy atom. The van der Waals surface area contributed by atoms with E-state index in [-0.39, 0.29) is 11.9 Å². The van der Waals surface area contributed by atoms with Gasteiger partial charge in [-0.25, -0.2) is 4.79 Å². The Kier molecular flexibility index (Phi) is 5.50. The maximum Gasteiger partial charge on any atom is 0.319 e. The molecule has 0 bridgehead atoms. The summed E-state index contributed by atoms with van der Waals surface area (Å²) in [5.41, 5.74) is 1.08. The topological polar surface area (TPSA) is 79.7 Å². The van der Waals surface area contributed by atoms with Crippen LogP contribution in [0.3, 0.4) is 0 Å². The summed E-state index contributed by atoms with van der Waals surface area (Å²) in [6, 6.07) is 1.99. The van der Waals surface area contributed by atoms with Gasteiger partial charge >= 0.3 is 6.03 Å². The van der Waals surface area contributed by atoms with Gasteiger partial charge in [-0.3, -0.25) is 9.48 Å². The monoisotopic (exact) mass is 363 g/mol. The second-order valence-corrected chi connectivity index (χ2v) is 7.52. The number of nitrogens with zero attached hydrogens (tertiary/aromatic N) is 4. The maximum atomic E-state index is 12.5. The fourth-order valence-corrected chi connectivity index (χ4v) is 3.53. The zero-order chi connectivity index (χ0) is 18.7. The molecule has 0 aromatic carbocycles. The van der Waals surface area contributed by atoms with Crippen molar-refractivity contribution in [3.05, 3.63) is 17.5 Å². The third-order valence-electron chi connectivity index (χ3n) is 5.10. The van der Waals surface area contributed by atoms with Crippen LogP contribution in [0.25, 0.3) is 0 Å². The molecule has 1 fully saturated rings. The number of urea groups is 1. The zero-order valence-corrected chi connectivity index (χ0v) is 16.0. The summed E-state index contributed by atoms with van der Waals surface area (Å²) < 4.78 is 7.64. The number of rotatable bonds is 3. The van der Waals surface area contributed by atoms with Gasteiger partial charge in [-0.15, -0.1) is 0 Å². The molecule has 1 atom stereocenters. The number of amides is 3. The lowest BCUT2D eigenvalue weighted by Crippen LogP contribution is -2.48. The first-order valence-corrected chi connectivity index (χ1v) is 9.33. The molecule has 0 spiro atoms. The largest absolute Gasteiger partial charge is 0.365 e. The van der Waals surface area contributed by atoms with E-state index < -0.39 is 5.60 Å². The van der Waals surface area contributed by atoms with Crippen molar-refractivity contribution in [2.75, 3.05) is 27.2 Å². The lowest BCUT2D eigenvalue weighted by Gasteiger charge is -2.32. The number of nitrogens with one attached hydrogen (secondary N) is 1. The van der Waals surface area contributed by atoms with Crippen LogP contribution in [0.1, 0.15) is 44.0 Å². The molecule has 1 aromatic rings. The number of carbonyl (C=O) groups excluding carboxylic acids is 2. The molecule has 8 nitrogen and oxygen atoms in total. The minimum absolute atomic E-state index is 0.0110. The smallest absolute Gasteiger partial charge is 0.319 e. The molecule has 0 aliphatic carbocycles. The lowest BCUT2D eigenvalue weighted by atomic mass is 9.95. The number of aryl methyl sites for hydroxylation is 1. The van der Waals surface area contributed by atoms with Crippen LogP contribution in [0, 0.1) is 0 Å². The normalized spacial score (nSPS) is 23.1. The van der Waals surface area contributed by atoms with Gasteiger partial charge in [0, 0.05) is 33.8 Å². The van der Waals surface area contributed by atoms with Gasteiger partial charge in [-0.05, 0) is 38.7 Å². The summed E-state index contributed by atoms with van der Waals surface area (Å²) in [5.74, 6) is -0.0789. The summed E-state index contributed by atoms with van der Waals surface area (Å²) in [7, 11) is 3.53. The van der Waals surface area contributed by atoms with E-state index in [1.807, 2.05) is 22.6 Å². The van der Waals surface area contributed by atoms with Crippen LogP contribution in [-0.4, -0.2) is 64.4 Å². The first kappa shape index (κ1) is 18.7. The molecule has 3 rings (SSSR count). The van der Waals surface area contributed by atoms with Crippen molar-refractivity contribution in [2.24, 2.45) is 0 Å². The Hall–Kier alpha value is -2.09. The van der Waals surface area contributed by atoms with E-state index in [0.717, 1.165) is 50.2 Å². The Labute approximate surface area is 154 Å². The van der Waals surface area contributed by atoms with Crippen molar-refractivity contribution in [1.29, 1.82) is 0 Å². The highest BCUT2D eigenvalue weighted by Gasteiger charge is 2.35. The Morgan fingerprint density at radius 3 is 2.81 bits per heavy atom. The van der Waals surface area contributed by atoms with Crippen molar-refractivity contribution >= 4 is 11.9 Å². The summed E-state index contributed by atoms with van der Waals surface area (Å²) in [4.78, 5) is 28.2. The predicted octanol–water partition coefficient (Wildman–Crippen LogP) is 1.35. The van der Waals surface area contributed by atoms with Gasteiger partial charge in [0.1, 0.15) is 5.60 Å². The molecule has 144 valence electrons. The summed E-state index contributed by atoms with van der Waals surface area (Å²) in [6.45, 7) is 4.91. The molecule has 3 amide bonds. The van der Waals surface area contributed by atoms with Crippen molar-refractivity contribution in [2.45, 2.75) is 57.8 Å². The van der Waals surface area contributed by atoms with E-state index in [1.54, 1.807) is 19.0 Å². The SMILES string of the molecule is CN(C)C(=O)N1CCCn2nc(CNC(=O)[C@@]3(C)CCCCO3)cc2C1. The van der Waals surface area contributed by atoms with Gasteiger partial charge in [0.15, 0.2) is 0 Å². The molecule has 0 unspecified atom stereocenters. The van der Waals surface area contributed by atoms with E-state index >= 15 is 0 Å². The minimum atomic E-state index is -0.732. The second-order valence-electron chi connectivity index (χ2n) is 7.52. The van der Waals surface area contributed by atoms with Crippen LogP contribution in [0.2, 0.25) is 0 Å². The highest BCUT2D eigenvalue weighted by molar-refractivity contribution is 5.84. The maximum absolute atomic E-state index is 12.5. The predicted molar refractivity (Wildman–Crippen MR) is 96.4 cm³/mol. The quantitative estimate of drug-likeness (QED) is 0.879. The lowest BCUT2D eigenvalue weighted by molar-refractivity contribution is -0.150. The fourth-order valence-electron chi connectivity index (χ4n) is 3.53. The van der Waals surface area contributed by atoms with Crippen LogP contribution >= 0.6 is 0 Å². The van der Waals surface area contributed by atoms with Gasteiger partial charge in [-0.1, -0.05) is 0 Å². The Morgan fingerprint density at radius 1 is 1.31 bits per heavy atom. The molecule has 0 saturated carbocycles. The fraction of sp³-hybridized carbons (Fsp3) is 0.722. The van der Waals surface area contributed by atoms with Crippen LogP contribution in [-0.2, 0) is 29.2 Å². The van der Waals surface area contributed by atoms with Crippen molar-refractivity contribution in [1.82, 2.24) is 24.9 Å². The first-order valence-electron chi connectivity index (χ1n) is 9.33. The second kappa shape index (κ2) is 7.65. The standard InChI is InChI=1S/C18H29N5O3/c1-18(7-4-5-10-26-18)16(24)19-12-14-11-15-13-22(17(25)21(2)3)8-6-9-23(15)20-14/h11H,4-10,12-13H2,1-3H3,(H,19,24)/t18-/m1/s1. The van der Waals surface area contributed by atoms with E-state index in [1.165, 1.54) is 0 Å². The van der Waals surface area contributed by atoms with Crippen LogP contribution in [0.5, 0.6) is 0 Å². The van der Waals surface area contributed by atoms with Crippen LogP contribution in [0.15, 0.2) is 6.07 Å². The molecule has 26 heavy (non-hydrogen) atoms. The molecule has 2 aliphatic rings. The van der Waals surface area contributed by atoms with Gasteiger partial charge in [0.25, 0.3) is 5.91 Å². The molecule has 3 heterocycles. The van der Waals surface area contributed by atoms with Crippen LogP contribution < -0.4 is 5.32 Å². The van der Waals surface area contributed by atoms with Gasteiger partial charge in [0.05, 0.1) is 24.5 Å². The molecule has 1 aromatic heterocycles. The van der Waals surface area contributed by atoms with Crippen molar-refractivity contribution in [3.8, 4) is 0 Å². The van der Waals surface area contributed by atoms with Crippen molar-refractivity contribution in [3.63, 3.8) is 0 Å². The molecule has 1 saturated heterocycles. The average molecular weight is 363 g/mol. The minimum Gasteiger partial charge on any atom is -0.365 e. The molecule has 8 heteroatoms. The number of hydrogen-bond donors (Lipinski definition) is 1. The summed E-state index contributed by atoms with van der Waals surface area (Å²) >= 11 is 0. The Balaban J connectivity index is 1.62. The third-order valence-corrected chi connectivity index (χ3v) is 5.10. The number of carbonyl (C=O) groups is 2. The van der Waals surface area contributed by atoms with E-state index in [4.69, 9.17) is 4.74 Å². The number of ether oxygens (including phenoxy) is 1. The van der Waals surface area contributed by atoms with E-state index in [2.05, 4.69) is 10.4 Å². The van der Waals surface area contributed by atoms with Gasteiger partial charge < -0.3 is 19.9 Å². The Bertz CT molecular complexity index is 664. The number of aromatic nitrogens is 2. The van der Waals surface area contributed by atoms with Gasteiger partial charge in [0.2, 0.25) is 0 Å². The first-order chi connectivity index (χ1) is 12.4. The molecule has 1 N–H and O–H groups in total. The highest BCUT2D eigenvalue weighted by atomic mass is 16.5. The molecule has 0 radical (unpaired) electrons. The highest BCUT2D eigenvalue weighted by Crippen LogP contribution is 2.24. The molecule has 2 aliphatic heterocycles. The number of hydrogen-bond acceptors (Lipinski definition) is 4.